The van der Waals surface area contributed by atoms with Crippen LogP contribution < -0.4 is 0 Å². The normalized spacial score (nSPS) is 12.6. The number of hydrogen-bond acceptors (Lipinski definition) is 5. The first-order valence-electron chi connectivity index (χ1n) is 22.6. The SMILES string of the molecule is CC(C)c1cccc(C(C)C)c1-n1c(-c2[c-]ccc3c2oc2cc(-c4cccc(F)c4)ccc23)nc2nc3ccccc3nc21.[2H]C([2H])([2H])c1c[c-]c(-c2ccc(C(C)(C)C)cn2)c(F)c1.[Ir]. The molecule has 0 unspecified atom stereocenters. The third-order valence-electron chi connectivity index (χ3n) is 11.3. The van der Waals surface area contributed by atoms with Gasteiger partial charge in [-0.3, -0.25) is 9.37 Å². The molecule has 4 heterocycles. The average molecular weight is 1030 g/mol. The van der Waals surface area contributed by atoms with Crippen LogP contribution in [0.5, 0.6) is 0 Å². The number of pyridine rings is 1. The Morgan fingerprint density at radius 1 is 0.719 bits per heavy atom. The maximum atomic E-state index is 14.1. The van der Waals surface area contributed by atoms with E-state index in [9.17, 15) is 8.78 Å². The van der Waals surface area contributed by atoms with Crippen molar-refractivity contribution in [1.29, 1.82) is 0 Å². The number of halogens is 2. The van der Waals surface area contributed by atoms with Crippen LogP contribution in [0.3, 0.4) is 0 Å². The molecule has 0 spiro atoms. The fraction of sp³-hybridized carbons (Fsp3) is 0.200. The van der Waals surface area contributed by atoms with Gasteiger partial charge in [0, 0.05) is 47.3 Å². The first-order chi connectivity index (χ1) is 31.5. The van der Waals surface area contributed by atoms with Crippen molar-refractivity contribution in [2.45, 2.75) is 72.6 Å². The van der Waals surface area contributed by atoms with Gasteiger partial charge in [0.1, 0.15) is 11.4 Å². The van der Waals surface area contributed by atoms with E-state index in [4.69, 9.17) is 23.5 Å². The monoisotopic (exact) mass is 1030 g/mol. The second-order valence-corrected chi connectivity index (χ2v) is 17.4. The Morgan fingerprint density at radius 2 is 1.44 bits per heavy atom. The Balaban J connectivity index is 0.000000234. The smallest absolute Gasteiger partial charge is 0.188 e. The van der Waals surface area contributed by atoms with Crippen molar-refractivity contribution >= 4 is 44.3 Å². The van der Waals surface area contributed by atoms with Crippen LogP contribution in [0, 0.1) is 30.6 Å². The van der Waals surface area contributed by atoms with Crippen molar-refractivity contribution in [1.82, 2.24) is 24.5 Å². The van der Waals surface area contributed by atoms with E-state index >= 15 is 0 Å². The quantitative estimate of drug-likeness (QED) is 0.155. The van der Waals surface area contributed by atoms with E-state index in [2.05, 4.69) is 88.3 Å². The minimum Gasteiger partial charge on any atom is -0.501 e. The number of aromatic nitrogens is 5. The van der Waals surface area contributed by atoms with Crippen LogP contribution >= 0.6 is 0 Å². The molecule has 0 atom stereocenters. The second-order valence-electron chi connectivity index (χ2n) is 17.4. The molecule has 0 fully saturated rings. The van der Waals surface area contributed by atoms with Crippen molar-refractivity contribution in [3.05, 3.63) is 174 Å². The molecule has 6 aromatic carbocycles. The predicted octanol–water partition coefficient (Wildman–Crippen LogP) is 14.7. The van der Waals surface area contributed by atoms with Gasteiger partial charge in [-0.15, -0.1) is 42.0 Å². The fourth-order valence-electron chi connectivity index (χ4n) is 8.01. The molecular weight excluding hydrogens is 977 g/mol. The van der Waals surface area contributed by atoms with Gasteiger partial charge in [0.2, 0.25) is 0 Å². The Labute approximate surface area is 390 Å². The largest absolute Gasteiger partial charge is 0.501 e. The molecule has 9 heteroatoms. The molecule has 0 saturated carbocycles. The number of imidazole rings is 1. The van der Waals surface area contributed by atoms with E-state index in [1.54, 1.807) is 18.3 Å². The van der Waals surface area contributed by atoms with E-state index in [0.717, 1.165) is 55.8 Å². The zero-order valence-corrected chi connectivity index (χ0v) is 38.9. The van der Waals surface area contributed by atoms with E-state index < -0.39 is 12.7 Å². The van der Waals surface area contributed by atoms with Crippen LogP contribution in [0.15, 0.2) is 132 Å². The zero-order chi connectivity index (χ0) is 46.7. The van der Waals surface area contributed by atoms with E-state index in [1.165, 1.54) is 29.3 Å². The molecule has 323 valence electrons. The van der Waals surface area contributed by atoms with Gasteiger partial charge in [0.05, 0.1) is 22.4 Å². The summed E-state index contributed by atoms with van der Waals surface area (Å²) in [5.74, 6) is 0.282. The number of rotatable bonds is 6. The minimum atomic E-state index is -2.33. The van der Waals surface area contributed by atoms with Crippen molar-refractivity contribution in [3.8, 4) is 39.5 Å². The summed E-state index contributed by atoms with van der Waals surface area (Å²) in [6.45, 7) is 12.7. The summed E-state index contributed by atoms with van der Waals surface area (Å²) in [5.41, 5.74) is 11.7. The van der Waals surface area contributed by atoms with Crippen molar-refractivity contribution in [3.63, 3.8) is 0 Å². The van der Waals surface area contributed by atoms with Gasteiger partial charge >= 0.3 is 0 Å². The molecule has 0 aliphatic heterocycles. The van der Waals surface area contributed by atoms with E-state index in [1.807, 2.05) is 66.7 Å². The summed E-state index contributed by atoms with van der Waals surface area (Å²) in [4.78, 5) is 19.5. The molecule has 0 aliphatic carbocycles. The summed E-state index contributed by atoms with van der Waals surface area (Å²) >= 11 is 0. The summed E-state index contributed by atoms with van der Waals surface area (Å²) < 4.78 is 58.7. The van der Waals surface area contributed by atoms with Gasteiger partial charge in [-0.05, 0) is 81.1 Å². The fourth-order valence-corrected chi connectivity index (χ4v) is 8.01. The van der Waals surface area contributed by atoms with Crippen molar-refractivity contribution in [2.75, 3.05) is 0 Å². The third kappa shape index (κ3) is 8.38. The van der Waals surface area contributed by atoms with Gasteiger partial charge in [-0.2, -0.15) is 0 Å². The van der Waals surface area contributed by atoms with Gasteiger partial charge in [0.15, 0.2) is 11.3 Å². The minimum absolute atomic E-state index is 0. The average Bonchev–Trinajstić information content (AvgIpc) is 3.85. The Morgan fingerprint density at radius 3 is 2.09 bits per heavy atom. The third-order valence-corrected chi connectivity index (χ3v) is 11.3. The van der Waals surface area contributed by atoms with Crippen LogP contribution in [-0.4, -0.2) is 24.5 Å². The van der Waals surface area contributed by atoms with Gasteiger partial charge in [-0.25, -0.2) is 14.4 Å². The van der Waals surface area contributed by atoms with Crippen molar-refractivity contribution in [2.24, 2.45) is 0 Å². The number of benzene rings is 6. The number of fused-ring (bicyclic) bond motifs is 5. The molecule has 64 heavy (non-hydrogen) atoms. The molecule has 10 aromatic rings. The molecule has 0 bridgehead atoms. The second kappa shape index (κ2) is 17.6. The first kappa shape index (κ1) is 40.4. The number of aryl methyl sites for hydroxylation is 1. The first-order valence-corrected chi connectivity index (χ1v) is 21.1. The summed E-state index contributed by atoms with van der Waals surface area (Å²) in [6, 6.07) is 43.1. The van der Waals surface area contributed by atoms with E-state index in [-0.39, 0.29) is 54.3 Å². The van der Waals surface area contributed by atoms with Crippen LogP contribution in [0.4, 0.5) is 8.78 Å². The molecule has 0 amide bonds. The van der Waals surface area contributed by atoms with E-state index in [0.29, 0.717) is 34.0 Å². The zero-order valence-electron chi connectivity index (χ0n) is 39.5. The Hall–Kier alpha value is -6.41. The van der Waals surface area contributed by atoms with Crippen LogP contribution in [-0.2, 0) is 25.5 Å². The molecule has 1 radical (unpaired) electrons. The summed E-state index contributed by atoms with van der Waals surface area (Å²) in [6.07, 6.45) is 1.71. The molecule has 0 N–H and O–H groups in total. The molecular formula is C55H47F2IrN5O-2. The summed E-state index contributed by atoms with van der Waals surface area (Å²) in [5, 5.41) is 1.92. The molecule has 0 saturated heterocycles. The Kier molecular flexibility index (Phi) is 11.1. The number of furan rings is 1. The number of hydrogen-bond donors (Lipinski definition) is 0. The predicted molar refractivity (Wildman–Crippen MR) is 251 cm³/mol. The molecule has 6 nitrogen and oxygen atoms in total. The number of nitrogens with zero attached hydrogens (tertiary/aromatic N) is 5. The molecule has 4 aromatic heterocycles. The van der Waals surface area contributed by atoms with Crippen LogP contribution in [0.2, 0.25) is 0 Å². The number of para-hydroxylation sites is 3. The molecule has 0 aliphatic rings. The summed E-state index contributed by atoms with van der Waals surface area (Å²) in [7, 11) is 0. The van der Waals surface area contributed by atoms with Crippen LogP contribution in [0.25, 0.3) is 83.7 Å². The standard InChI is InChI=1S/C39H30FN4O.C16H17FN.Ir/c1-22(2)27-12-8-13-28(23(3)4)35(27)44-38(43-37-39(44)42-33-17-6-5-16-32(33)41-37)31-15-9-14-30-29-19-18-25(21-34(29)45-36(30)31)24-10-7-11-26(40)20-24;1-11-5-7-13(14(17)9-11)15-8-6-12(10-18-15)16(2,3)4;/h5-14,16-23H,1-4H3;5-6,8-10H,1-4H3;/q2*-1;/i;1D3;. The maximum Gasteiger partial charge on any atom is 0.188 e. The van der Waals surface area contributed by atoms with Gasteiger partial charge < -0.3 is 14.0 Å². The Bertz CT molecular complexity index is 3420. The van der Waals surface area contributed by atoms with Gasteiger partial charge in [-0.1, -0.05) is 139 Å². The molecule has 10 rings (SSSR count). The maximum absolute atomic E-state index is 14.1. The van der Waals surface area contributed by atoms with Gasteiger partial charge in [0.25, 0.3) is 0 Å². The van der Waals surface area contributed by atoms with Crippen molar-refractivity contribution < 1.29 is 37.4 Å². The van der Waals surface area contributed by atoms with Crippen LogP contribution in [0.1, 0.15) is 86.7 Å². The topological polar surface area (TPSA) is 69.6 Å².